The molecule has 0 spiro atoms. The largest absolute Gasteiger partial charge is 0.481 e. The van der Waals surface area contributed by atoms with Crippen molar-refractivity contribution in [1.29, 1.82) is 0 Å². The van der Waals surface area contributed by atoms with Crippen molar-refractivity contribution < 1.29 is 33.0 Å². The van der Waals surface area contributed by atoms with Gasteiger partial charge in [-0.1, -0.05) is 0 Å². The molecule has 2 unspecified atom stereocenters. The second-order valence-corrected chi connectivity index (χ2v) is 7.67. The highest BCUT2D eigenvalue weighted by Gasteiger charge is 2.49. The average molecular weight is 321 g/mol. The van der Waals surface area contributed by atoms with Crippen LogP contribution in [0.1, 0.15) is 25.7 Å². The Bertz CT molecular complexity index is 526. The fourth-order valence-corrected chi connectivity index (χ4v) is 4.63. The Kier molecular flexibility index (Phi) is 4.54. The highest BCUT2D eigenvalue weighted by atomic mass is 32.2. The first-order valence-corrected chi connectivity index (χ1v) is 8.41. The van der Waals surface area contributed by atoms with E-state index < -0.39 is 33.8 Å². The first-order valence-electron chi connectivity index (χ1n) is 6.80. The molecule has 0 bridgehead atoms. The van der Waals surface area contributed by atoms with E-state index in [0.717, 1.165) is 10.7 Å². The van der Waals surface area contributed by atoms with Crippen molar-refractivity contribution in [2.45, 2.75) is 31.8 Å². The smallest absolute Gasteiger partial charge is 0.311 e. The van der Waals surface area contributed by atoms with Gasteiger partial charge in [-0.15, -0.1) is 0 Å². The summed E-state index contributed by atoms with van der Waals surface area (Å²) in [6, 6.07) is 0. The van der Waals surface area contributed by atoms with Crippen molar-refractivity contribution in [1.82, 2.24) is 4.31 Å². The van der Waals surface area contributed by atoms with E-state index in [0.29, 0.717) is 13.0 Å². The molecule has 2 aliphatic heterocycles. The topological polar surface area (TPSA) is 121 Å². The van der Waals surface area contributed by atoms with Crippen LogP contribution in [0.5, 0.6) is 0 Å². The van der Waals surface area contributed by atoms with Gasteiger partial charge in [0.25, 0.3) is 0 Å². The lowest BCUT2D eigenvalue weighted by atomic mass is 9.84. The second-order valence-electron chi connectivity index (χ2n) is 5.65. The van der Waals surface area contributed by atoms with Crippen LogP contribution in [0.25, 0.3) is 0 Å². The zero-order valence-corrected chi connectivity index (χ0v) is 12.3. The molecule has 0 aromatic rings. The van der Waals surface area contributed by atoms with Crippen molar-refractivity contribution in [3.05, 3.63) is 0 Å². The number of ether oxygens (including phenoxy) is 1. The summed E-state index contributed by atoms with van der Waals surface area (Å²) in [7, 11) is -3.63. The van der Waals surface area contributed by atoms with E-state index in [-0.39, 0.29) is 31.4 Å². The second kappa shape index (κ2) is 5.90. The minimum absolute atomic E-state index is 0.0133. The fraction of sp³-hybridized carbons (Fsp3) is 0.833. The molecular weight excluding hydrogens is 302 g/mol. The van der Waals surface area contributed by atoms with Gasteiger partial charge in [0.05, 0.1) is 23.7 Å². The zero-order valence-electron chi connectivity index (χ0n) is 11.5. The van der Waals surface area contributed by atoms with Crippen LogP contribution in [0.4, 0.5) is 0 Å². The van der Waals surface area contributed by atoms with Crippen molar-refractivity contribution in [2.24, 2.45) is 5.41 Å². The van der Waals surface area contributed by atoms with Gasteiger partial charge in [0.2, 0.25) is 10.0 Å². The highest BCUT2D eigenvalue weighted by Crippen LogP contribution is 2.36. The minimum Gasteiger partial charge on any atom is -0.481 e. The molecule has 21 heavy (non-hydrogen) atoms. The summed E-state index contributed by atoms with van der Waals surface area (Å²) in [6.07, 6.45) is 0.576. The first kappa shape index (κ1) is 16.2. The van der Waals surface area contributed by atoms with Gasteiger partial charge in [0.15, 0.2) is 0 Å². The molecule has 2 fully saturated rings. The number of aliphatic carboxylic acids is 2. The third kappa shape index (κ3) is 3.53. The van der Waals surface area contributed by atoms with E-state index in [1.165, 1.54) is 0 Å². The van der Waals surface area contributed by atoms with Gasteiger partial charge < -0.3 is 14.9 Å². The number of sulfonamides is 1. The summed E-state index contributed by atoms with van der Waals surface area (Å²) in [5, 5.41) is 18.1. The molecular formula is C12H19NO7S. The minimum atomic E-state index is -3.63. The Morgan fingerprint density at radius 2 is 2.05 bits per heavy atom. The Balaban J connectivity index is 2.08. The molecule has 0 saturated carbocycles. The number of carboxylic acid groups (broad SMARTS) is 2. The Hall–Kier alpha value is -1.19. The number of carboxylic acids is 2. The molecule has 0 aromatic carbocycles. The van der Waals surface area contributed by atoms with Crippen LogP contribution in [0.3, 0.4) is 0 Å². The third-order valence-corrected chi connectivity index (χ3v) is 5.97. The Labute approximate surface area is 122 Å². The SMILES string of the molecule is O=C(O)CC1(C(=O)O)CCN(S(=O)(=O)CC2CCCO2)C1. The number of hydrogen-bond acceptors (Lipinski definition) is 5. The molecule has 0 amide bonds. The molecule has 120 valence electrons. The summed E-state index contributed by atoms with van der Waals surface area (Å²) < 4.78 is 31.0. The molecule has 2 aliphatic rings. The maximum absolute atomic E-state index is 12.3. The number of rotatable bonds is 6. The number of nitrogens with zero attached hydrogens (tertiary/aromatic N) is 1. The lowest BCUT2D eigenvalue weighted by Gasteiger charge is -2.23. The van der Waals surface area contributed by atoms with Crippen LogP contribution in [-0.2, 0) is 24.3 Å². The summed E-state index contributed by atoms with van der Waals surface area (Å²) in [6.45, 7) is 0.288. The van der Waals surface area contributed by atoms with Crippen LogP contribution in [-0.4, -0.2) is 66.4 Å². The van der Waals surface area contributed by atoms with Crippen LogP contribution in [0.15, 0.2) is 0 Å². The van der Waals surface area contributed by atoms with Crippen molar-refractivity contribution in [3.63, 3.8) is 0 Å². The van der Waals surface area contributed by atoms with Crippen LogP contribution in [0, 0.1) is 5.41 Å². The van der Waals surface area contributed by atoms with Crippen LogP contribution >= 0.6 is 0 Å². The normalized spacial score (nSPS) is 30.6. The molecule has 0 aliphatic carbocycles. The van der Waals surface area contributed by atoms with Crippen molar-refractivity contribution in [2.75, 3.05) is 25.4 Å². The lowest BCUT2D eigenvalue weighted by molar-refractivity contribution is -0.154. The summed E-state index contributed by atoms with van der Waals surface area (Å²) in [5.41, 5.74) is -1.53. The molecule has 2 heterocycles. The molecule has 2 saturated heterocycles. The van der Waals surface area contributed by atoms with E-state index in [1.807, 2.05) is 0 Å². The van der Waals surface area contributed by atoms with Gasteiger partial charge >= 0.3 is 11.9 Å². The molecule has 2 atom stereocenters. The molecule has 2 rings (SSSR count). The number of hydrogen-bond donors (Lipinski definition) is 2. The average Bonchev–Trinajstić information content (AvgIpc) is 2.98. The van der Waals surface area contributed by atoms with E-state index >= 15 is 0 Å². The third-order valence-electron chi connectivity index (χ3n) is 4.08. The van der Waals surface area contributed by atoms with Crippen LogP contribution in [0.2, 0.25) is 0 Å². The molecule has 0 radical (unpaired) electrons. The van der Waals surface area contributed by atoms with E-state index in [4.69, 9.17) is 9.84 Å². The fourth-order valence-electron chi connectivity index (χ4n) is 2.87. The van der Waals surface area contributed by atoms with Gasteiger partial charge in [-0.2, -0.15) is 0 Å². The van der Waals surface area contributed by atoms with Gasteiger partial charge in [-0.25, -0.2) is 12.7 Å². The maximum atomic E-state index is 12.3. The van der Waals surface area contributed by atoms with Crippen molar-refractivity contribution >= 4 is 22.0 Å². The van der Waals surface area contributed by atoms with Crippen molar-refractivity contribution in [3.8, 4) is 0 Å². The van der Waals surface area contributed by atoms with Crippen LogP contribution < -0.4 is 0 Å². The standard InChI is InChI=1S/C12H19NO7S/c14-10(15)6-12(11(16)17)3-4-13(8-12)21(18,19)7-9-2-1-5-20-9/h9H,1-8H2,(H,14,15)(H,16,17). The van der Waals surface area contributed by atoms with E-state index in [9.17, 15) is 23.1 Å². The number of carbonyl (C=O) groups is 2. The highest BCUT2D eigenvalue weighted by molar-refractivity contribution is 7.89. The molecule has 8 nitrogen and oxygen atoms in total. The Morgan fingerprint density at radius 1 is 1.33 bits per heavy atom. The van der Waals surface area contributed by atoms with Gasteiger partial charge in [0, 0.05) is 19.7 Å². The van der Waals surface area contributed by atoms with Gasteiger partial charge in [-0.05, 0) is 19.3 Å². The zero-order chi connectivity index (χ0) is 15.7. The summed E-state index contributed by atoms with van der Waals surface area (Å²) in [4.78, 5) is 22.2. The monoisotopic (exact) mass is 321 g/mol. The Morgan fingerprint density at radius 3 is 2.57 bits per heavy atom. The summed E-state index contributed by atoms with van der Waals surface area (Å²) >= 11 is 0. The molecule has 9 heteroatoms. The first-order chi connectivity index (χ1) is 9.75. The van der Waals surface area contributed by atoms with Gasteiger partial charge in [-0.3, -0.25) is 9.59 Å². The van der Waals surface area contributed by atoms with E-state index in [1.54, 1.807) is 0 Å². The quantitative estimate of drug-likeness (QED) is 0.691. The lowest BCUT2D eigenvalue weighted by Crippen LogP contribution is -2.40. The van der Waals surface area contributed by atoms with E-state index in [2.05, 4.69) is 0 Å². The molecule has 0 aromatic heterocycles. The van der Waals surface area contributed by atoms with Gasteiger partial charge in [0.1, 0.15) is 0 Å². The summed E-state index contributed by atoms with van der Waals surface area (Å²) in [5.74, 6) is -2.68. The predicted molar refractivity (Wildman–Crippen MR) is 71.3 cm³/mol. The maximum Gasteiger partial charge on any atom is 0.311 e. The predicted octanol–water partition coefficient (Wildman–Crippen LogP) is -0.253. The molecule has 2 N–H and O–H groups in total.